The Morgan fingerprint density at radius 3 is 2.65 bits per heavy atom. The lowest BCUT2D eigenvalue weighted by atomic mass is 9.92. The molecule has 0 fully saturated rings. The number of aliphatic imine (C=N–C) groups is 1. The maximum absolute atomic E-state index is 13.1. The molecule has 2 unspecified atom stereocenters. The standard InChI is InChI=1S/C25H25ClN2O3/c1-4-5-22(17-6-9-20(26)10-7-17)25(29)28-21-12-13-27-16-19(14-21)18-8-11-23(30-2)24(15-18)31-3/h1,6-13,15,19,22H,5,14,16H2,2-3H3,(H,28,29). The van der Waals surface area contributed by atoms with Crippen LogP contribution < -0.4 is 14.8 Å². The summed E-state index contributed by atoms with van der Waals surface area (Å²) < 4.78 is 10.8. The van der Waals surface area contributed by atoms with Gasteiger partial charge < -0.3 is 14.8 Å². The molecule has 5 nitrogen and oxygen atoms in total. The van der Waals surface area contributed by atoms with Crippen molar-refractivity contribution in [3.8, 4) is 23.8 Å². The molecule has 1 heterocycles. The molecule has 1 aliphatic rings. The summed E-state index contributed by atoms with van der Waals surface area (Å²) in [6.07, 6.45) is 10.0. The summed E-state index contributed by atoms with van der Waals surface area (Å²) in [5, 5.41) is 3.67. The van der Waals surface area contributed by atoms with Gasteiger partial charge in [0.1, 0.15) is 0 Å². The fourth-order valence-corrected chi connectivity index (χ4v) is 3.70. The number of rotatable bonds is 7. The first-order chi connectivity index (χ1) is 15.0. The van der Waals surface area contributed by atoms with Gasteiger partial charge in [0.15, 0.2) is 11.5 Å². The number of terminal acetylenes is 1. The highest BCUT2D eigenvalue weighted by atomic mass is 35.5. The van der Waals surface area contributed by atoms with E-state index in [1.165, 1.54) is 0 Å². The maximum Gasteiger partial charge on any atom is 0.232 e. The first-order valence-electron chi connectivity index (χ1n) is 9.96. The first-order valence-corrected chi connectivity index (χ1v) is 10.3. The molecule has 0 radical (unpaired) electrons. The summed E-state index contributed by atoms with van der Waals surface area (Å²) in [5.74, 6) is 3.43. The van der Waals surface area contributed by atoms with E-state index in [9.17, 15) is 4.79 Å². The van der Waals surface area contributed by atoms with Gasteiger partial charge in [-0.15, -0.1) is 12.3 Å². The Kier molecular flexibility index (Phi) is 7.75. The normalized spacial score (nSPS) is 16.5. The van der Waals surface area contributed by atoms with Crippen LogP contribution in [0, 0.1) is 12.3 Å². The van der Waals surface area contributed by atoms with Gasteiger partial charge in [-0.1, -0.05) is 29.8 Å². The zero-order chi connectivity index (χ0) is 22.2. The molecular weight excluding hydrogens is 412 g/mol. The van der Waals surface area contributed by atoms with Gasteiger partial charge in [0.2, 0.25) is 5.91 Å². The van der Waals surface area contributed by atoms with Gasteiger partial charge in [0.05, 0.1) is 20.1 Å². The number of benzene rings is 2. The van der Waals surface area contributed by atoms with Crippen LogP contribution in [0.25, 0.3) is 0 Å². The molecule has 2 aromatic carbocycles. The Labute approximate surface area is 188 Å². The molecule has 2 atom stereocenters. The summed E-state index contributed by atoms with van der Waals surface area (Å²) in [4.78, 5) is 17.5. The van der Waals surface area contributed by atoms with E-state index in [-0.39, 0.29) is 11.8 Å². The minimum atomic E-state index is -0.456. The molecule has 0 aliphatic carbocycles. The van der Waals surface area contributed by atoms with Gasteiger partial charge in [-0.3, -0.25) is 9.79 Å². The number of halogens is 1. The van der Waals surface area contributed by atoms with Crippen molar-refractivity contribution >= 4 is 23.7 Å². The van der Waals surface area contributed by atoms with E-state index in [1.807, 2.05) is 36.4 Å². The van der Waals surface area contributed by atoms with Crippen molar-refractivity contribution in [2.75, 3.05) is 20.8 Å². The Balaban J connectivity index is 1.77. The summed E-state index contributed by atoms with van der Waals surface area (Å²) in [7, 11) is 3.22. The van der Waals surface area contributed by atoms with Crippen LogP contribution >= 0.6 is 11.6 Å². The van der Waals surface area contributed by atoms with E-state index in [0.717, 1.165) is 16.8 Å². The van der Waals surface area contributed by atoms with Crippen molar-refractivity contribution < 1.29 is 14.3 Å². The third-order valence-corrected chi connectivity index (χ3v) is 5.50. The molecule has 31 heavy (non-hydrogen) atoms. The van der Waals surface area contributed by atoms with Crippen LogP contribution in [0.1, 0.15) is 35.8 Å². The van der Waals surface area contributed by atoms with Crippen molar-refractivity contribution in [2.24, 2.45) is 4.99 Å². The molecule has 0 saturated heterocycles. The van der Waals surface area contributed by atoms with Crippen molar-refractivity contribution in [3.05, 3.63) is 70.4 Å². The predicted octanol–water partition coefficient (Wildman–Crippen LogP) is 4.72. The predicted molar refractivity (Wildman–Crippen MR) is 124 cm³/mol. The molecule has 0 bridgehead atoms. The lowest BCUT2D eigenvalue weighted by Gasteiger charge is -2.20. The van der Waals surface area contributed by atoms with Crippen molar-refractivity contribution in [1.29, 1.82) is 0 Å². The summed E-state index contributed by atoms with van der Waals surface area (Å²) in [5.41, 5.74) is 2.69. The topological polar surface area (TPSA) is 59.9 Å². The Hall–Kier alpha value is -3.23. The zero-order valence-electron chi connectivity index (χ0n) is 17.6. The van der Waals surface area contributed by atoms with Crippen LogP contribution in [-0.4, -0.2) is 32.9 Å². The minimum absolute atomic E-state index is 0.0896. The molecule has 1 N–H and O–H groups in total. The number of nitrogens with one attached hydrogen (secondary N) is 1. The number of hydrogen-bond acceptors (Lipinski definition) is 4. The second-order valence-corrected chi connectivity index (χ2v) is 7.66. The number of ether oxygens (including phenoxy) is 2. The highest BCUT2D eigenvalue weighted by Gasteiger charge is 2.23. The van der Waals surface area contributed by atoms with Crippen molar-refractivity contribution in [3.63, 3.8) is 0 Å². The van der Waals surface area contributed by atoms with Gasteiger partial charge >= 0.3 is 0 Å². The molecule has 0 aromatic heterocycles. The monoisotopic (exact) mass is 436 g/mol. The fraction of sp³-hybridized carbons (Fsp3) is 0.280. The second kappa shape index (κ2) is 10.7. The number of hydrogen-bond donors (Lipinski definition) is 1. The maximum atomic E-state index is 13.1. The lowest BCUT2D eigenvalue weighted by molar-refractivity contribution is -0.121. The number of amides is 1. The first kappa shape index (κ1) is 22.5. The number of methoxy groups -OCH3 is 2. The fourth-order valence-electron chi connectivity index (χ4n) is 3.57. The van der Waals surface area contributed by atoms with Crippen LogP contribution in [0.15, 0.2) is 59.2 Å². The Bertz CT molecular complexity index is 1020. The van der Waals surface area contributed by atoms with E-state index >= 15 is 0 Å². The average molecular weight is 437 g/mol. The third kappa shape index (κ3) is 5.68. The molecule has 160 valence electrons. The van der Waals surface area contributed by atoms with Gasteiger partial charge in [-0.25, -0.2) is 0 Å². The number of nitrogens with zero attached hydrogens (tertiary/aromatic N) is 1. The molecule has 1 amide bonds. The highest BCUT2D eigenvalue weighted by molar-refractivity contribution is 6.30. The van der Waals surface area contributed by atoms with E-state index < -0.39 is 5.92 Å². The quantitative estimate of drug-likeness (QED) is 0.639. The smallest absolute Gasteiger partial charge is 0.232 e. The zero-order valence-corrected chi connectivity index (χ0v) is 18.4. The number of allylic oxidation sites excluding steroid dienone is 2. The van der Waals surface area contributed by atoms with Crippen LogP contribution in [0.3, 0.4) is 0 Å². The summed E-state index contributed by atoms with van der Waals surface area (Å²) in [6.45, 7) is 0.607. The molecule has 0 spiro atoms. The molecule has 3 rings (SSSR count). The number of carbonyl (C=O) groups excluding carboxylic acids is 1. The third-order valence-electron chi connectivity index (χ3n) is 5.25. The average Bonchev–Trinajstić information content (AvgIpc) is 3.03. The van der Waals surface area contributed by atoms with Crippen LogP contribution in [0.5, 0.6) is 11.5 Å². The largest absolute Gasteiger partial charge is 0.493 e. The number of carbonyl (C=O) groups is 1. The van der Waals surface area contributed by atoms with Gasteiger partial charge in [-0.2, -0.15) is 0 Å². The van der Waals surface area contributed by atoms with Crippen LogP contribution in [-0.2, 0) is 4.79 Å². The lowest BCUT2D eigenvalue weighted by Crippen LogP contribution is -2.29. The van der Waals surface area contributed by atoms with Crippen molar-refractivity contribution in [1.82, 2.24) is 5.32 Å². The molecule has 6 heteroatoms. The minimum Gasteiger partial charge on any atom is -0.493 e. The van der Waals surface area contributed by atoms with Gasteiger partial charge in [0.25, 0.3) is 0 Å². The summed E-state index contributed by atoms with van der Waals surface area (Å²) >= 11 is 5.98. The summed E-state index contributed by atoms with van der Waals surface area (Å²) in [6, 6.07) is 13.0. The van der Waals surface area contributed by atoms with E-state index in [1.54, 1.807) is 32.6 Å². The molecule has 2 aromatic rings. The second-order valence-electron chi connectivity index (χ2n) is 7.22. The van der Waals surface area contributed by atoms with Gasteiger partial charge in [-0.05, 0) is 47.9 Å². The van der Waals surface area contributed by atoms with E-state index in [2.05, 4.69) is 16.2 Å². The molecule has 0 saturated carbocycles. The molecular formula is C25H25ClN2O3. The SMILES string of the molecule is C#CCC(C(=O)NC1=CC=NCC(c2ccc(OC)c(OC)c2)C1)c1ccc(Cl)cc1. The van der Waals surface area contributed by atoms with Crippen LogP contribution in [0.2, 0.25) is 5.02 Å². The van der Waals surface area contributed by atoms with Crippen molar-refractivity contribution in [2.45, 2.75) is 24.7 Å². The van der Waals surface area contributed by atoms with E-state index in [0.29, 0.717) is 35.9 Å². The van der Waals surface area contributed by atoms with E-state index in [4.69, 9.17) is 27.5 Å². The van der Waals surface area contributed by atoms with Crippen LogP contribution in [0.4, 0.5) is 0 Å². The molecule has 1 aliphatic heterocycles. The highest BCUT2D eigenvalue weighted by Crippen LogP contribution is 2.33. The van der Waals surface area contributed by atoms with Gasteiger partial charge in [0, 0.05) is 35.8 Å². The Morgan fingerprint density at radius 1 is 1.23 bits per heavy atom. The Morgan fingerprint density at radius 2 is 1.97 bits per heavy atom.